The van der Waals surface area contributed by atoms with E-state index < -0.39 is 23.8 Å². The lowest BCUT2D eigenvalue weighted by atomic mass is 9.92. The molecule has 7 nitrogen and oxygen atoms in total. The first-order valence-corrected chi connectivity index (χ1v) is 16.0. The Kier molecular flexibility index (Phi) is 14.2. The van der Waals surface area contributed by atoms with Gasteiger partial charge < -0.3 is 20.3 Å². The Bertz CT molecular complexity index is 981. The standard InChI is InChI=1S/C34H57N3O4/c1-9-11-12-13-17-22-37(32(39)29(25(4)10-2)36-33(40)41-34(6,7)8)30(28-21-20-24(3)23-26(28)5)31(38)35-27-18-15-14-16-19-27/h20-21,23,25,27,29-30H,9-19,22H2,1-8H3,(H,35,38)(H,36,40). The van der Waals surface area contributed by atoms with Crippen LogP contribution in [0.5, 0.6) is 0 Å². The highest BCUT2D eigenvalue weighted by Crippen LogP contribution is 2.29. The predicted octanol–water partition coefficient (Wildman–Crippen LogP) is 7.53. The number of hydrogen-bond acceptors (Lipinski definition) is 4. The summed E-state index contributed by atoms with van der Waals surface area (Å²) in [5, 5.41) is 6.20. The number of alkyl carbamates (subject to hydrolysis) is 1. The van der Waals surface area contributed by atoms with E-state index in [0.717, 1.165) is 74.5 Å². The maximum absolute atomic E-state index is 14.5. The van der Waals surface area contributed by atoms with Crippen molar-refractivity contribution in [2.75, 3.05) is 6.54 Å². The molecular weight excluding hydrogens is 514 g/mol. The summed E-state index contributed by atoms with van der Waals surface area (Å²) >= 11 is 0. The van der Waals surface area contributed by atoms with E-state index in [1.165, 1.54) is 6.42 Å². The highest BCUT2D eigenvalue weighted by atomic mass is 16.6. The number of aryl methyl sites for hydroxylation is 2. The minimum Gasteiger partial charge on any atom is -0.444 e. The van der Waals surface area contributed by atoms with Crippen molar-refractivity contribution in [2.24, 2.45) is 5.92 Å². The van der Waals surface area contributed by atoms with E-state index in [1.54, 1.807) is 25.7 Å². The molecule has 0 aromatic heterocycles. The Morgan fingerprint density at radius 3 is 2.24 bits per heavy atom. The smallest absolute Gasteiger partial charge is 0.408 e. The van der Waals surface area contributed by atoms with Crippen LogP contribution < -0.4 is 10.6 Å². The number of amides is 3. The molecule has 0 heterocycles. The molecule has 0 spiro atoms. The van der Waals surface area contributed by atoms with Gasteiger partial charge in [-0.1, -0.05) is 95.9 Å². The molecule has 0 radical (unpaired) electrons. The van der Waals surface area contributed by atoms with Crippen molar-refractivity contribution in [3.05, 3.63) is 34.9 Å². The summed E-state index contributed by atoms with van der Waals surface area (Å²) in [6.45, 7) is 16.1. The molecule has 0 aliphatic heterocycles. The van der Waals surface area contributed by atoms with Crippen LogP contribution in [0, 0.1) is 19.8 Å². The van der Waals surface area contributed by atoms with E-state index in [-0.39, 0.29) is 23.8 Å². The van der Waals surface area contributed by atoms with E-state index in [2.05, 4.69) is 23.6 Å². The van der Waals surface area contributed by atoms with Gasteiger partial charge in [-0.2, -0.15) is 0 Å². The van der Waals surface area contributed by atoms with Crippen LogP contribution >= 0.6 is 0 Å². The van der Waals surface area contributed by atoms with Gasteiger partial charge in [0.2, 0.25) is 11.8 Å². The van der Waals surface area contributed by atoms with Crippen molar-refractivity contribution in [1.82, 2.24) is 15.5 Å². The zero-order valence-electron chi connectivity index (χ0n) is 27.1. The number of carbonyl (C=O) groups excluding carboxylic acids is 3. The summed E-state index contributed by atoms with van der Waals surface area (Å²) in [7, 11) is 0. The summed E-state index contributed by atoms with van der Waals surface area (Å²) < 4.78 is 5.54. The van der Waals surface area contributed by atoms with Gasteiger partial charge in [0.15, 0.2) is 0 Å². The van der Waals surface area contributed by atoms with E-state index in [1.807, 2.05) is 39.8 Å². The van der Waals surface area contributed by atoms with Crippen molar-refractivity contribution in [2.45, 2.75) is 150 Å². The first kappa shape index (κ1) is 34.6. The van der Waals surface area contributed by atoms with Crippen LogP contribution in [0.4, 0.5) is 4.79 Å². The Labute approximate surface area is 249 Å². The molecule has 7 heteroatoms. The molecule has 232 valence electrons. The lowest BCUT2D eigenvalue weighted by Gasteiger charge is -2.37. The SMILES string of the molecule is CCCCCCCN(C(=O)C(NC(=O)OC(C)(C)C)C(C)CC)C(C(=O)NC1CCCCC1)c1ccc(C)cc1C. The summed E-state index contributed by atoms with van der Waals surface area (Å²) in [6.07, 6.45) is 10.6. The Balaban J connectivity index is 2.52. The van der Waals surface area contributed by atoms with Gasteiger partial charge in [-0.25, -0.2) is 4.79 Å². The minimum absolute atomic E-state index is 0.122. The Hall–Kier alpha value is -2.57. The Morgan fingerprint density at radius 2 is 1.66 bits per heavy atom. The van der Waals surface area contributed by atoms with Gasteiger partial charge in [0, 0.05) is 12.6 Å². The number of unbranched alkanes of at least 4 members (excludes halogenated alkanes) is 4. The number of carbonyl (C=O) groups is 3. The summed E-state index contributed by atoms with van der Waals surface area (Å²) in [6, 6.07) is 4.62. The van der Waals surface area contributed by atoms with Crippen molar-refractivity contribution in [1.29, 1.82) is 0 Å². The number of hydrogen-bond donors (Lipinski definition) is 2. The van der Waals surface area contributed by atoms with E-state index in [9.17, 15) is 14.4 Å². The van der Waals surface area contributed by atoms with Crippen LogP contribution in [0.1, 0.15) is 135 Å². The van der Waals surface area contributed by atoms with Gasteiger partial charge in [0.25, 0.3) is 0 Å². The second-order valence-corrected chi connectivity index (χ2v) is 13.1. The summed E-state index contributed by atoms with van der Waals surface area (Å²) in [5.74, 6) is -0.505. The second kappa shape index (κ2) is 16.8. The predicted molar refractivity (Wildman–Crippen MR) is 167 cm³/mol. The zero-order valence-corrected chi connectivity index (χ0v) is 27.1. The first-order valence-electron chi connectivity index (χ1n) is 16.0. The zero-order chi connectivity index (χ0) is 30.6. The molecule has 0 saturated heterocycles. The molecule has 1 aromatic rings. The fraction of sp³-hybridized carbons (Fsp3) is 0.735. The van der Waals surface area contributed by atoms with Gasteiger partial charge in [0.1, 0.15) is 17.7 Å². The van der Waals surface area contributed by atoms with Gasteiger partial charge in [-0.3, -0.25) is 9.59 Å². The molecule has 1 aromatic carbocycles. The van der Waals surface area contributed by atoms with E-state index in [0.29, 0.717) is 13.0 Å². The molecule has 2 rings (SSSR count). The number of nitrogens with one attached hydrogen (secondary N) is 2. The third-order valence-electron chi connectivity index (χ3n) is 8.17. The molecule has 41 heavy (non-hydrogen) atoms. The first-order chi connectivity index (χ1) is 19.4. The van der Waals surface area contributed by atoms with Crippen LogP contribution in [0.2, 0.25) is 0 Å². The maximum atomic E-state index is 14.5. The van der Waals surface area contributed by atoms with Crippen molar-refractivity contribution < 1.29 is 19.1 Å². The number of benzene rings is 1. The summed E-state index contributed by atoms with van der Waals surface area (Å²) in [4.78, 5) is 43.4. The van der Waals surface area contributed by atoms with Gasteiger partial charge in [-0.05, 0) is 70.9 Å². The normalized spacial score (nSPS) is 16.4. The highest BCUT2D eigenvalue weighted by Gasteiger charge is 2.39. The van der Waals surface area contributed by atoms with Crippen LogP contribution in [-0.4, -0.2) is 47.0 Å². The molecule has 1 aliphatic rings. The minimum atomic E-state index is -0.804. The van der Waals surface area contributed by atoms with Gasteiger partial charge in [-0.15, -0.1) is 0 Å². The van der Waals surface area contributed by atoms with Gasteiger partial charge in [0.05, 0.1) is 0 Å². The Morgan fingerprint density at radius 1 is 1.00 bits per heavy atom. The molecule has 3 atom stereocenters. The molecular formula is C34H57N3O4. The third-order valence-corrected chi connectivity index (χ3v) is 8.17. The molecule has 1 fully saturated rings. The maximum Gasteiger partial charge on any atom is 0.408 e. The van der Waals surface area contributed by atoms with E-state index in [4.69, 9.17) is 4.74 Å². The lowest BCUT2D eigenvalue weighted by Crippen LogP contribution is -2.56. The quantitative estimate of drug-likeness (QED) is 0.226. The monoisotopic (exact) mass is 571 g/mol. The highest BCUT2D eigenvalue weighted by molar-refractivity contribution is 5.92. The molecule has 2 N–H and O–H groups in total. The average Bonchev–Trinajstić information content (AvgIpc) is 2.90. The number of rotatable bonds is 14. The van der Waals surface area contributed by atoms with Crippen LogP contribution in [0.3, 0.4) is 0 Å². The van der Waals surface area contributed by atoms with Crippen LogP contribution in [0.25, 0.3) is 0 Å². The van der Waals surface area contributed by atoms with Crippen LogP contribution in [0.15, 0.2) is 18.2 Å². The molecule has 3 unspecified atom stereocenters. The van der Waals surface area contributed by atoms with Crippen molar-refractivity contribution in [3.8, 4) is 0 Å². The average molecular weight is 572 g/mol. The van der Waals surface area contributed by atoms with Crippen molar-refractivity contribution in [3.63, 3.8) is 0 Å². The largest absolute Gasteiger partial charge is 0.444 e. The van der Waals surface area contributed by atoms with Crippen LogP contribution in [-0.2, 0) is 14.3 Å². The van der Waals surface area contributed by atoms with Crippen molar-refractivity contribution >= 4 is 17.9 Å². The fourth-order valence-electron chi connectivity index (χ4n) is 5.66. The van der Waals surface area contributed by atoms with E-state index >= 15 is 0 Å². The van der Waals surface area contributed by atoms with Gasteiger partial charge >= 0.3 is 6.09 Å². The third kappa shape index (κ3) is 11.3. The number of ether oxygens (including phenoxy) is 1. The molecule has 3 amide bonds. The molecule has 1 aliphatic carbocycles. The second-order valence-electron chi connectivity index (χ2n) is 13.1. The number of nitrogens with zero attached hydrogens (tertiary/aromatic N) is 1. The fourth-order valence-corrected chi connectivity index (χ4v) is 5.66. The topological polar surface area (TPSA) is 87.7 Å². The molecule has 1 saturated carbocycles. The lowest BCUT2D eigenvalue weighted by molar-refractivity contribution is -0.144. The molecule has 0 bridgehead atoms. The summed E-state index contributed by atoms with van der Waals surface area (Å²) in [5.41, 5.74) is 2.25.